The standard InChI is InChI=1S/C8H10N2O/c1-2-9-10(11)8-6-4-3-5-7-8/h2-7,11H,1H3/b9-2+. The highest BCUT2D eigenvalue weighted by molar-refractivity contribution is 5.56. The first-order valence-corrected chi connectivity index (χ1v) is 3.37. The average molecular weight is 150 g/mol. The van der Waals surface area contributed by atoms with Gasteiger partial charge in [-0.1, -0.05) is 18.2 Å². The van der Waals surface area contributed by atoms with Crippen molar-refractivity contribution in [3.8, 4) is 0 Å². The van der Waals surface area contributed by atoms with Crippen LogP contribution in [0.5, 0.6) is 0 Å². The van der Waals surface area contributed by atoms with Gasteiger partial charge in [0.05, 0.1) is 5.69 Å². The molecule has 1 rings (SSSR count). The van der Waals surface area contributed by atoms with Crippen LogP contribution in [-0.2, 0) is 0 Å². The maximum atomic E-state index is 9.16. The van der Waals surface area contributed by atoms with Crippen LogP contribution in [0.2, 0.25) is 0 Å². The summed E-state index contributed by atoms with van der Waals surface area (Å²) in [5.41, 5.74) is 0.658. The minimum atomic E-state index is 0.658. The van der Waals surface area contributed by atoms with Gasteiger partial charge in [-0.25, -0.2) is 0 Å². The quantitative estimate of drug-likeness (QED) is 0.516. The fourth-order valence-electron chi connectivity index (χ4n) is 0.737. The van der Waals surface area contributed by atoms with E-state index in [1.54, 1.807) is 19.1 Å². The number of nitrogens with zero attached hydrogens (tertiary/aromatic N) is 2. The topological polar surface area (TPSA) is 35.8 Å². The van der Waals surface area contributed by atoms with Crippen LogP contribution in [0, 0.1) is 0 Å². The second kappa shape index (κ2) is 3.73. The molecule has 0 aliphatic heterocycles. The first kappa shape index (κ1) is 7.75. The number of rotatable bonds is 2. The molecule has 0 fully saturated rings. The highest BCUT2D eigenvalue weighted by Crippen LogP contribution is 2.09. The largest absolute Gasteiger partial charge is 0.267 e. The molecule has 0 spiro atoms. The molecule has 0 aliphatic carbocycles. The van der Waals surface area contributed by atoms with Crippen molar-refractivity contribution in [3.05, 3.63) is 30.3 Å². The fourth-order valence-corrected chi connectivity index (χ4v) is 0.737. The lowest BCUT2D eigenvalue weighted by atomic mass is 10.3. The van der Waals surface area contributed by atoms with Gasteiger partial charge in [-0.3, -0.25) is 5.21 Å². The van der Waals surface area contributed by atoms with E-state index in [0.29, 0.717) is 5.69 Å². The van der Waals surface area contributed by atoms with Gasteiger partial charge in [-0.15, -0.1) is 5.17 Å². The van der Waals surface area contributed by atoms with Crippen molar-refractivity contribution in [3.63, 3.8) is 0 Å². The molecule has 0 atom stereocenters. The van der Waals surface area contributed by atoms with Crippen LogP contribution in [-0.4, -0.2) is 11.4 Å². The lowest BCUT2D eigenvalue weighted by Gasteiger charge is -2.08. The Morgan fingerprint density at radius 3 is 2.55 bits per heavy atom. The lowest BCUT2D eigenvalue weighted by Crippen LogP contribution is -2.08. The Bertz CT molecular complexity index is 233. The van der Waals surface area contributed by atoms with Gasteiger partial charge in [-0.2, -0.15) is 5.10 Å². The molecule has 0 aromatic heterocycles. The number of benzene rings is 1. The molecule has 1 N–H and O–H groups in total. The summed E-state index contributed by atoms with van der Waals surface area (Å²) in [5, 5.41) is 13.6. The second-order valence-electron chi connectivity index (χ2n) is 2.00. The molecule has 0 saturated heterocycles. The Hall–Kier alpha value is -1.35. The maximum absolute atomic E-state index is 9.16. The monoisotopic (exact) mass is 150 g/mol. The fraction of sp³-hybridized carbons (Fsp3) is 0.125. The van der Waals surface area contributed by atoms with Gasteiger partial charge in [0.15, 0.2) is 0 Å². The van der Waals surface area contributed by atoms with Crippen molar-refractivity contribution in [1.29, 1.82) is 0 Å². The molecular formula is C8H10N2O. The van der Waals surface area contributed by atoms with Gasteiger partial charge in [-0.05, 0) is 19.1 Å². The van der Waals surface area contributed by atoms with Crippen LogP contribution in [0.4, 0.5) is 5.69 Å². The third-order valence-electron chi connectivity index (χ3n) is 1.21. The van der Waals surface area contributed by atoms with Gasteiger partial charge < -0.3 is 0 Å². The van der Waals surface area contributed by atoms with E-state index in [2.05, 4.69) is 5.10 Å². The van der Waals surface area contributed by atoms with Crippen molar-refractivity contribution in [2.45, 2.75) is 6.92 Å². The third-order valence-corrected chi connectivity index (χ3v) is 1.21. The molecule has 1 aromatic rings. The molecule has 11 heavy (non-hydrogen) atoms. The van der Waals surface area contributed by atoms with Crippen molar-refractivity contribution in [2.75, 3.05) is 5.17 Å². The Balaban J connectivity index is 2.76. The predicted octanol–water partition coefficient (Wildman–Crippen LogP) is 1.89. The normalized spacial score (nSPS) is 10.4. The van der Waals surface area contributed by atoms with Gasteiger partial charge in [0.2, 0.25) is 0 Å². The molecule has 0 bridgehead atoms. The van der Waals surface area contributed by atoms with E-state index < -0.39 is 0 Å². The van der Waals surface area contributed by atoms with Crippen molar-refractivity contribution in [2.24, 2.45) is 5.10 Å². The smallest absolute Gasteiger partial charge is 0.0899 e. The minimum Gasteiger partial charge on any atom is -0.267 e. The first-order chi connectivity index (χ1) is 5.34. The van der Waals surface area contributed by atoms with Crippen LogP contribution in [0.3, 0.4) is 0 Å². The molecule has 0 unspecified atom stereocenters. The van der Waals surface area contributed by atoms with E-state index in [4.69, 9.17) is 5.21 Å². The number of para-hydroxylation sites is 1. The van der Waals surface area contributed by atoms with E-state index >= 15 is 0 Å². The van der Waals surface area contributed by atoms with Gasteiger partial charge >= 0.3 is 0 Å². The SMILES string of the molecule is C/C=N/N(O)c1ccccc1. The summed E-state index contributed by atoms with van der Waals surface area (Å²) < 4.78 is 0. The molecule has 0 amide bonds. The summed E-state index contributed by atoms with van der Waals surface area (Å²) in [4.78, 5) is 0. The predicted molar refractivity (Wildman–Crippen MR) is 44.9 cm³/mol. The van der Waals surface area contributed by atoms with Crippen LogP contribution in [0.1, 0.15) is 6.92 Å². The van der Waals surface area contributed by atoms with Gasteiger partial charge in [0.25, 0.3) is 0 Å². The van der Waals surface area contributed by atoms with Gasteiger partial charge in [0, 0.05) is 6.21 Å². The lowest BCUT2D eigenvalue weighted by molar-refractivity contribution is 0.260. The summed E-state index contributed by atoms with van der Waals surface area (Å²) in [6.45, 7) is 1.74. The number of anilines is 1. The second-order valence-corrected chi connectivity index (χ2v) is 2.00. The molecule has 0 radical (unpaired) electrons. The Kier molecular flexibility index (Phi) is 2.63. The van der Waals surface area contributed by atoms with Crippen LogP contribution in [0.15, 0.2) is 35.4 Å². The third kappa shape index (κ3) is 2.05. The summed E-state index contributed by atoms with van der Waals surface area (Å²) >= 11 is 0. The first-order valence-electron chi connectivity index (χ1n) is 3.37. The van der Waals surface area contributed by atoms with E-state index in [1.807, 2.05) is 18.2 Å². The highest BCUT2D eigenvalue weighted by atomic mass is 16.5. The summed E-state index contributed by atoms with van der Waals surface area (Å²) in [5.74, 6) is 0. The summed E-state index contributed by atoms with van der Waals surface area (Å²) in [7, 11) is 0. The molecule has 0 heterocycles. The van der Waals surface area contributed by atoms with E-state index in [1.165, 1.54) is 6.21 Å². The maximum Gasteiger partial charge on any atom is 0.0899 e. The summed E-state index contributed by atoms with van der Waals surface area (Å²) in [6, 6.07) is 9.10. The number of hydrogen-bond donors (Lipinski definition) is 1. The molecular weight excluding hydrogens is 140 g/mol. The molecule has 3 heteroatoms. The molecule has 58 valence electrons. The van der Waals surface area contributed by atoms with E-state index in [9.17, 15) is 0 Å². The van der Waals surface area contributed by atoms with E-state index in [0.717, 1.165) is 5.17 Å². The zero-order valence-electron chi connectivity index (χ0n) is 6.31. The zero-order chi connectivity index (χ0) is 8.10. The molecule has 3 nitrogen and oxygen atoms in total. The average Bonchev–Trinajstić information content (AvgIpc) is 2.07. The van der Waals surface area contributed by atoms with Crippen molar-refractivity contribution in [1.82, 2.24) is 0 Å². The van der Waals surface area contributed by atoms with E-state index in [-0.39, 0.29) is 0 Å². The Morgan fingerprint density at radius 1 is 1.36 bits per heavy atom. The van der Waals surface area contributed by atoms with Crippen LogP contribution < -0.4 is 5.17 Å². The van der Waals surface area contributed by atoms with Crippen LogP contribution >= 0.6 is 0 Å². The van der Waals surface area contributed by atoms with Crippen molar-refractivity contribution < 1.29 is 5.21 Å². The molecule has 0 aliphatic rings. The highest BCUT2D eigenvalue weighted by Gasteiger charge is 1.95. The Labute approximate surface area is 65.5 Å². The Morgan fingerprint density at radius 2 is 2.00 bits per heavy atom. The zero-order valence-corrected chi connectivity index (χ0v) is 6.31. The number of hydrogen-bond acceptors (Lipinski definition) is 3. The van der Waals surface area contributed by atoms with Gasteiger partial charge in [0.1, 0.15) is 0 Å². The molecule has 1 aromatic carbocycles. The van der Waals surface area contributed by atoms with Crippen molar-refractivity contribution >= 4 is 11.9 Å². The molecule has 0 saturated carbocycles. The minimum absolute atomic E-state index is 0.658. The van der Waals surface area contributed by atoms with Crippen LogP contribution in [0.25, 0.3) is 0 Å². The summed E-state index contributed by atoms with van der Waals surface area (Å²) in [6.07, 6.45) is 1.52. The number of hydrazone groups is 1.